The van der Waals surface area contributed by atoms with Crippen LogP contribution in [0.1, 0.15) is 6.42 Å². The monoisotopic (exact) mass is 321 g/mol. The molecule has 1 aromatic carbocycles. The van der Waals surface area contributed by atoms with Crippen molar-refractivity contribution < 1.29 is 4.79 Å². The number of halogens is 1. The van der Waals surface area contributed by atoms with Gasteiger partial charge in [0.1, 0.15) is 4.53 Å². The van der Waals surface area contributed by atoms with Crippen molar-refractivity contribution in [2.45, 2.75) is 13.0 Å². The summed E-state index contributed by atoms with van der Waals surface area (Å²) in [5.74, 6) is -0.339. The highest BCUT2D eigenvalue weighted by molar-refractivity contribution is 7.07. The summed E-state index contributed by atoms with van der Waals surface area (Å²) in [6.45, 7) is 1.40. The van der Waals surface area contributed by atoms with Gasteiger partial charge in [-0.3, -0.25) is 19.1 Å². The van der Waals surface area contributed by atoms with Crippen LogP contribution in [0.25, 0.3) is 6.08 Å². The number of carbonyl (C=O) groups is 1. The van der Waals surface area contributed by atoms with Gasteiger partial charge in [-0.2, -0.15) is 0 Å². The fourth-order valence-corrected chi connectivity index (χ4v) is 3.18. The Morgan fingerprint density at radius 2 is 2.14 bits per heavy atom. The third-order valence-corrected chi connectivity index (χ3v) is 4.35. The average Bonchev–Trinajstić information content (AvgIpc) is 2.78. The summed E-state index contributed by atoms with van der Waals surface area (Å²) in [7, 11) is 0. The lowest BCUT2D eigenvalue weighted by atomic mass is 10.3. The van der Waals surface area contributed by atoms with Crippen molar-refractivity contribution >= 4 is 40.6 Å². The number of nitrogens with one attached hydrogen (secondary N) is 1. The van der Waals surface area contributed by atoms with E-state index in [4.69, 9.17) is 11.6 Å². The van der Waals surface area contributed by atoms with Gasteiger partial charge in [0, 0.05) is 29.9 Å². The lowest BCUT2D eigenvalue weighted by Crippen LogP contribution is -2.34. The van der Waals surface area contributed by atoms with Crippen molar-refractivity contribution in [3.8, 4) is 0 Å². The van der Waals surface area contributed by atoms with Crippen molar-refractivity contribution in [2.75, 3.05) is 11.9 Å². The molecule has 0 bridgehead atoms. The molecule has 0 saturated carbocycles. The molecule has 0 radical (unpaired) electrons. The number of hydrogen-bond acceptors (Lipinski definition) is 4. The minimum absolute atomic E-state index is 0.148. The third kappa shape index (κ3) is 3.06. The zero-order valence-corrected chi connectivity index (χ0v) is 12.6. The minimum atomic E-state index is -0.339. The number of benzene rings is 1. The average molecular weight is 322 g/mol. The Bertz CT molecular complexity index is 852. The lowest BCUT2D eigenvalue weighted by Gasteiger charge is -2.03. The second kappa shape index (κ2) is 5.83. The van der Waals surface area contributed by atoms with Crippen molar-refractivity contribution in [3.63, 3.8) is 0 Å². The number of rotatable bonds is 2. The predicted molar refractivity (Wildman–Crippen MR) is 83.4 cm³/mol. The molecule has 1 aromatic heterocycles. The van der Waals surface area contributed by atoms with Gasteiger partial charge in [-0.15, -0.1) is 0 Å². The maximum Gasteiger partial charge on any atom is 0.270 e. The standard InChI is InChI=1S/C14H12ClN3O2S/c15-9-2-4-10(5-3-9)17-12(19)8-11-13(20)18-7-1-6-16-14(18)21-11/h2-5,8H,1,6-7H2,(H,17,19)/b11-8-. The number of fused-ring (bicyclic) bond motifs is 1. The van der Waals surface area contributed by atoms with E-state index in [0.717, 1.165) is 13.0 Å². The second-order valence-electron chi connectivity index (χ2n) is 4.58. The van der Waals surface area contributed by atoms with Crippen LogP contribution in [0.5, 0.6) is 0 Å². The Morgan fingerprint density at radius 3 is 2.86 bits per heavy atom. The van der Waals surface area contributed by atoms with E-state index in [9.17, 15) is 9.59 Å². The number of nitrogens with zero attached hydrogens (tertiary/aromatic N) is 2. The Morgan fingerprint density at radius 1 is 1.38 bits per heavy atom. The molecule has 1 amide bonds. The van der Waals surface area contributed by atoms with E-state index in [0.29, 0.717) is 26.6 Å². The summed E-state index contributed by atoms with van der Waals surface area (Å²) in [5.41, 5.74) is 0.483. The van der Waals surface area contributed by atoms with Crippen molar-refractivity contribution in [2.24, 2.45) is 4.99 Å². The van der Waals surface area contributed by atoms with Crippen molar-refractivity contribution in [1.82, 2.24) is 4.57 Å². The molecule has 1 N–H and O–H groups in total. The SMILES string of the molecule is O=C(/C=c1\sc2n(c1=O)CCCN=2)Nc1ccc(Cl)cc1. The largest absolute Gasteiger partial charge is 0.322 e. The number of carbonyl (C=O) groups excluding carboxylic acids is 1. The number of aromatic nitrogens is 1. The molecule has 0 unspecified atom stereocenters. The summed E-state index contributed by atoms with van der Waals surface area (Å²) in [6.07, 6.45) is 2.18. The summed E-state index contributed by atoms with van der Waals surface area (Å²) in [6, 6.07) is 6.79. The molecule has 2 aromatic rings. The lowest BCUT2D eigenvalue weighted by molar-refractivity contribution is -0.110. The van der Waals surface area contributed by atoms with Crippen LogP contribution in [0.4, 0.5) is 5.69 Å². The van der Waals surface area contributed by atoms with Crippen molar-refractivity contribution in [3.05, 3.63) is 49.0 Å². The fraction of sp³-hybridized carbons (Fsp3) is 0.214. The summed E-state index contributed by atoms with van der Waals surface area (Å²) in [4.78, 5) is 29.1. The Hall–Kier alpha value is -1.92. The van der Waals surface area contributed by atoms with Crippen molar-refractivity contribution in [1.29, 1.82) is 0 Å². The van der Waals surface area contributed by atoms with Gasteiger partial charge in [0.15, 0.2) is 4.80 Å². The van der Waals surface area contributed by atoms with E-state index in [1.807, 2.05) is 0 Å². The first-order chi connectivity index (χ1) is 10.1. The molecule has 0 atom stereocenters. The quantitative estimate of drug-likeness (QED) is 0.897. The second-order valence-corrected chi connectivity index (χ2v) is 6.03. The van der Waals surface area contributed by atoms with Gasteiger partial charge >= 0.3 is 0 Å². The summed E-state index contributed by atoms with van der Waals surface area (Å²) < 4.78 is 2.03. The van der Waals surface area contributed by atoms with E-state index in [1.54, 1.807) is 28.8 Å². The Kier molecular flexibility index (Phi) is 3.90. The molecule has 0 saturated heterocycles. The van der Waals surface area contributed by atoms with Crippen LogP contribution in [0, 0.1) is 0 Å². The van der Waals surface area contributed by atoms with Gasteiger partial charge in [0.2, 0.25) is 5.91 Å². The molecular formula is C14H12ClN3O2S. The molecule has 0 fully saturated rings. The number of anilines is 1. The van der Waals surface area contributed by atoms with E-state index in [2.05, 4.69) is 10.3 Å². The molecule has 0 spiro atoms. The van der Waals surface area contributed by atoms with Crippen LogP contribution in [-0.4, -0.2) is 17.0 Å². The van der Waals surface area contributed by atoms with E-state index >= 15 is 0 Å². The van der Waals surface area contributed by atoms with E-state index in [1.165, 1.54) is 17.4 Å². The fourth-order valence-electron chi connectivity index (χ4n) is 2.06. The molecule has 0 aliphatic carbocycles. The van der Waals surface area contributed by atoms with Crippen LogP contribution in [0.2, 0.25) is 5.02 Å². The van der Waals surface area contributed by atoms with E-state index < -0.39 is 0 Å². The molecule has 7 heteroatoms. The number of thiazole rings is 1. The number of amides is 1. The van der Waals surface area contributed by atoms with Gasteiger partial charge in [0.05, 0.1) is 0 Å². The molecular weight excluding hydrogens is 310 g/mol. The van der Waals surface area contributed by atoms with Gasteiger partial charge < -0.3 is 5.32 Å². The zero-order valence-electron chi connectivity index (χ0n) is 11.0. The molecule has 3 rings (SSSR count). The first kappa shape index (κ1) is 14.0. The molecule has 5 nitrogen and oxygen atoms in total. The Labute approximate surface area is 129 Å². The third-order valence-electron chi connectivity index (χ3n) is 3.05. The highest BCUT2D eigenvalue weighted by Gasteiger charge is 2.09. The Balaban J connectivity index is 1.88. The minimum Gasteiger partial charge on any atom is -0.322 e. The highest BCUT2D eigenvalue weighted by Crippen LogP contribution is 2.13. The highest BCUT2D eigenvalue weighted by atomic mass is 35.5. The van der Waals surface area contributed by atoms with Crippen LogP contribution in [0.3, 0.4) is 0 Å². The smallest absolute Gasteiger partial charge is 0.270 e. The first-order valence-corrected chi connectivity index (χ1v) is 7.65. The zero-order chi connectivity index (χ0) is 14.8. The van der Waals surface area contributed by atoms with E-state index in [-0.39, 0.29) is 11.5 Å². The molecule has 2 heterocycles. The van der Waals surface area contributed by atoms with Gasteiger partial charge in [-0.25, -0.2) is 0 Å². The van der Waals surface area contributed by atoms with Gasteiger partial charge in [-0.05, 0) is 30.7 Å². The van der Waals surface area contributed by atoms with Crippen LogP contribution in [-0.2, 0) is 11.3 Å². The topological polar surface area (TPSA) is 63.5 Å². The molecule has 21 heavy (non-hydrogen) atoms. The molecule has 1 aliphatic heterocycles. The van der Waals surface area contributed by atoms with Crippen LogP contribution >= 0.6 is 22.9 Å². The van der Waals surface area contributed by atoms with Crippen LogP contribution < -0.4 is 20.2 Å². The van der Waals surface area contributed by atoms with Crippen LogP contribution in [0.15, 0.2) is 34.1 Å². The summed E-state index contributed by atoms with van der Waals surface area (Å²) >= 11 is 7.03. The predicted octanol–water partition coefficient (Wildman–Crippen LogP) is 1.01. The normalized spacial score (nSPS) is 14.4. The molecule has 1 aliphatic rings. The maximum absolute atomic E-state index is 12.1. The van der Waals surface area contributed by atoms with Gasteiger partial charge in [-0.1, -0.05) is 22.9 Å². The number of hydrogen-bond donors (Lipinski definition) is 1. The first-order valence-electron chi connectivity index (χ1n) is 6.46. The molecule has 108 valence electrons. The van der Waals surface area contributed by atoms with Gasteiger partial charge in [0.25, 0.3) is 5.56 Å². The summed E-state index contributed by atoms with van der Waals surface area (Å²) in [5, 5.41) is 3.30. The maximum atomic E-state index is 12.1.